The van der Waals surface area contributed by atoms with E-state index in [4.69, 9.17) is 9.57 Å². The highest BCUT2D eigenvalue weighted by Crippen LogP contribution is 2.17. The Morgan fingerprint density at radius 1 is 1.21 bits per heavy atom. The number of carbonyl (C=O) groups is 2. The van der Waals surface area contributed by atoms with Crippen molar-refractivity contribution in [3.05, 3.63) is 35.3 Å². The molecule has 0 aliphatic carbocycles. The lowest BCUT2D eigenvalue weighted by Crippen LogP contribution is -2.35. The summed E-state index contributed by atoms with van der Waals surface area (Å²) in [7, 11) is 2.95. The summed E-state index contributed by atoms with van der Waals surface area (Å²) in [5.74, 6) is 0.297. The number of amides is 2. The van der Waals surface area contributed by atoms with E-state index in [2.05, 4.69) is 10.4 Å². The summed E-state index contributed by atoms with van der Waals surface area (Å²) in [6, 6.07) is 5.69. The van der Waals surface area contributed by atoms with Gasteiger partial charge < -0.3 is 14.6 Å². The van der Waals surface area contributed by atoms with Gasteiger partial charge in [-0.05, 0) is 46.8 Å². The highest BCUT2D eigenvalue weighted by atomic mass is 16.7. The van der Waals surface area contributed by atoms with E-state index in [9.17, 15) is 9.59 Å². The van der Waals surface area contributed by atoms with Crippen LogP contribution in [-0.2, 0) is 16.1 Å². The second kappa shape index (κ2) is 8.47. The first-order chi connectivity index (χ1) is 13.0. The summed E-state index contributed by atoms with van der Waals surface area (Å²) >= 11 is 0. The topological polar surface area (TPSA) is 90.6 Å². The maximum atomic E-state index is 12.7. The van der Waals surface area contributed by atoms with Crippen molar-refractivity contribution in [2.24, 2.45) is 0 Å². The molecule has 2 rings (SSSR count). The third-order valence-corrected chi connectivity index (χ3v) is 4.04. The highest BCUT2D eigenvalue weighted by Gasteiger charge is 2.21. The fourth-order valence-corrected chi connectivity index (χ4v) is 2.71. The third kappa shape index (κ3) is 5.13. The molecule has 0 spiro atoms. The zero-order valence-corrected chi connectivity index (χ0v) is 17.6. The summed E-state index contributed by atoms with van der Waals surface area (Å²) in [5, 5.41) is 8.38. The first kappa shape index (κ1) is 21.5. The van der Waals surface area contributed by atoms with E-state index in [1.807, 2.05) is 30.5 Å². The van der Waals surface area contributed by atoms with Gasteiger partial charge in [0.2, 0.25) is 0 Å². The molecule has 0 aromatic carbocycles. The van der Waals surface area contributed by atoms with Crippen molar-refractivity contribution in [1.29, 1.82) is 0 Å². The largest absolute Gasteiger partial charge is 0.444 e. The van der Waals surface area contributed by atoms with E-state index in [0.717, 1.165) is 16.5 Å². The van der Waals surface area contributed by atoms with Crippen molar-refractivity contribution >= 4 is 12.0 Å². The van der Waals surface area contributed by atoms with E-state index < -0.39 is 11.7 Å². The molecule has 9 heteroatoms. The Morgan fingerprint density at radius 3 is 2.36 bits per heavy atom. The number of aromatic nitrogens is 3. The van der Waals surface area contributed by atoms with Crippen molar-refractivity contribution < 1.29 is 19.2 Å². The Bertz CT molecular complexity index is 828. The number of nitrogens with zero attached hydrogens (tertiary/aromatic N) is 4. The molecule has 2 amide bonds. The van der Waals surface area contributed by atoms with Crippen molar-refractivity contribution in [1.82, 2.24) is 24.7 Å². The van der Waals surface area contributed by atoms with Gasteiger partial charge in [-0.1, -0.05) is 0 Å². The zero-order valence-electron chi connectivity index (χ0n) is 17.6. The quantitative estimate of drug-likeness (QED) is 0.764. The number of hydroxylamine groups is 2. The number of rotatable bonds is 6. The zero-order chi connectivity index (χ0) is 21.1. The molecular weight excluding hydrogens is 362 g/mol. The smallest absolute Gasteiger partial charge is 0.407 e. The van der Waals surface area contributed by atoms with Crippen LogP contribution in [0.4, 0.5) is 4.79 Å². The summed E-state index contributed by atoms with van der Waals surface area (Å²) in [4.78, 5) is 29.5. The predicted molar refractivity (Wildman–Crippen MR) is 104 cm³/mol. The maximum Gasteiger partial charge on any atom is 0.407 e. The number of ether oxygens (including phenoxy) is 1. The molecule has 0 saturated heterocycles. The average Bonchev–Trinajstić information content (AvgIpc) is 3.14. The van der Waals surface area contributed by atoms with Crippen molar-refractivity contribution in [3.63, 3.8) is 0 Å². The second-order valence-electron chi connectivity index (χ2n) is 7.48. The van der Waals surface area contributed by atoms with Gasteiger partial charge in [-0.15, -0.1) is 0 Å². The van der Waals surface area contributed by atoms with Gasteiger partial charge >= 0.3 is 6.09 Å². The molecule has 0 saturated carbocycles. The molecule has 0 aliphatic heterocycles. The molecule has 2 aromatic heterocycles. The Labute approximate surface area is 165 Å². The van der Waals surface area contributed by atoms with E-state index in [0.29, 0.717) is 18.1 Å². The van der Waals surface area contributed by atoms with Gasteiger partial charge in [-0.25, -0.2) is 9.86 Å². The van der Waals surface area contributed by atoms with Crippen molar-refractivity contribution in [2.75, 3.05) is 20.7 Å². The molecule has 2 aromatic rings. The van der Waals surface area contributed by atoms with E-state index in [1.54, 1.807) is 31.5 Å². The van der Waals surface area contributed by atoms with Crippen LogP contribution in [0.25, 0.3) is 5.82 Å². The Hall–Kier alpha value is -2.81. The van der Waals surface area contributed by atoms with Gasteiger partial charge in [0.15, 0.2) is 5.82 Å². The number of aryl methyl sites for hydroxylation is 2. The molecule has 0 unspecified atom stereocenters. The monoisotopic (exact) mass is 391 g/mol. The molecule has 154 valence electrons. The summed E-state index contributed by atoms with van der Waals surface area (Å²) < 4.78 is 8.74. The molecule has 0 atom stereocenters. The fraction of sp³-hybridized carbons (Fsp3) is 0.526. The lowest BCUT2D eigenvalue weighted by molar-refractivity contribution is -0.0763. The molecule has 0 aliphatic rings. The Kier molecular flexibility index (Phi) is 6.50. The number of hydrogen-bond acceptors (Lipinski definition) is 5. The molecule has 9 nitrogen and oxygen atoms in total. The first-order valence-electron chi connectivity index (χ1n) is 9.05. The number of nitrogens with one attached hydrogen (secondary N) is 1. The van der Waals surface area contributed by atoms with E-state index in [-0.39, 0.29) is 12.5 Å². The van der Waals surface area contributed by atoms with Gasteiger partial charge in [0.05, 0.1) is 13.7 Å². The van der Waals surface area contributed by atoms with Crippen molar-refractivity contribution in [3.8, 4) is 5.82 Å². The van der Waals surface area contributed by atoms with Crippen LogP contribution < -0.4 is 5.32 Å². The van der Waals surface area contributed by atoms with E-state index >= 15 is 0 Å². The van der Waals surface area contributed by atoms with Crippen LogP contribution in [0.2, 0.25) is 0 Å². The van der Waals surface area contributed by atoms with Crippen LogP contribution in [0, 0.1) is 13.8 Å². The maximum absolute atomic E-state index is 12.7. The average molecular weight is 391 g/mol. The van der Waals surface area contributed by atoms with Gasteiger partial charge in [-0.3, -0.25) is 14.3 Å². The first-order valence-corrected chi connectivity index (χ1v) is 9.05. The summed E-state index contributed by atoms with van der Waals surface area (Å²) in [5.41, 5.74) is 1.80. The number of hydrogen-bond donors (Lipinski definition) is 1. The minimum atomic E-state index is -0.575. The minimum Gasteiger partial charge on any atom is -0.444 e. The van der Waals surface area contributed by atoms with Crippen LogP contribution in [-0.4, -0.2) is 57.7 Å². The van der Waals surface area contributed by atoms with Gasteiger partial charge in [0.1, 0.15) is 11.3 Å². The summed E-state index contributed by atoms with van der Waals surface area (Å²) in [6.07, 6.45) is -0.515. The lowest BCUT2D eigenvalue weighted by atomic mass is 10.2. The third-order valence-electron chi connectivity index (χ3n) is 4.04. The summed E-state index contributed by atoms with van der Waals surface area (Å²) in [6.45, 7) is 9.90. The standard InChI is InChI=1S/C19H29N5O4/c1-13-8-9-14(2)24(13)16-12-15(17(25)22(6)27-7)23(21-16)11-10-20-18(26)28-19(3,4)5/h8-9,12H,10-11H2,1-7H3,(H,20,26). The fourth-order valence-electron chi connectivity index (χ4n) is 2.71. The van der Waals surface area contributed by atoms with Gasteiger partial charge in [0, 0.05) is 31.0 Å². The molecule has 0 bridgehead atoms. The van der Waals surface area contributed by atoms with Crippen LogP contribution in [0.3, 0.4) is 0 Å². The van der Waals surface area contributed by atoms with Crippen molar-refractivity contribution in [2.45, 2.75) is 46.8 Å². The molecule has 0 radical (unpaired) electrons. The SMILES string of the molecule is CON(C)C(=O)c1cc(-n2c(C)ccc2C)nn1CCNC(=O)OC(C)(C)C. The molecule has 2 heterocycles. The Morgan fingerprint density at radius 2 is 1.82 bits per heavy atom. The number of alkyl carbamates (subject to hydrolysis) is 1. The Balaban J connectivity index is 2.24. The molecule has 0 fully saturated rings. The predicted octanol–water partition coefficient (Wildman–Crippen LogP) is 2.45. The normalized spacial score (nSPS) is 11.4. The van der Waals surface area contributed by atoms with Crippen LogP contribution in [0.1, 0.15) is 42.6 Å². The van der Waals surface area contributed by atoms with Gasteiger partial charge in [-0.2, -0.15) is 5.10 Å². The number of carbonyl (C=O) groups excluding carboxylic acids is 2. The molecule has 1 N–H and O–H groups in total. The lowest BCUT2D eigenvalue weighted by Gasteiger charge is -2.19. The minimum absolute atomic E-state index is 0.261. The molecular formula is C19H29N5O4. The second-order valence-corrected chi connectivity index (χ2v) is 7.48. The van der Waals surface area contributed by atoms with Crippen LogP contribution in [0.15, 0.2) is 18.2 Å². The van der Waals surface area contributed by atoms with E-state index in [1.165, 1.54) is 14.2 Å². The highest BCUT2D eigenvalue weighted by molar-refractivity contribution is 5.92. The van der Waals surface area contributed by atoms with Gasteiger partial charge in [0.25, 0.3) is 5.91 Å². The van der Waals surface area contributed by atoms with Crippen LogP contribution >= 0.6 is 0 Å². The molecule has 28 heavy (non-hydrogen) atoms. The van der Waals surface area contributed by atoms with Crippen LogP contribution in [0.5, 0.6) is 0 Å².